The Labute approximate surface area is 131 Å². The number of piperidine rings is 1. The first-order chi connectivity index (χ1) is 10.2. The summed E-state index contributed by atoms with van der Waals surface area (Å²) in [7, 11) is 0. The van der Waals surface area contributed by atoms with E-state index in [0.717, 1.165) is 43.1 Å². The van der Waals surface area contributed by atoms with Crippen LogP contribution in [0.5, 0.6) is 0 Å². The molecule has 110 valence electrons. The van der Waals surface area contributed by atoms with Gasteiger partial charge in [-0.05, 0) is 43.1 Å². The molecule has 1 saturated heterocycles. The summed E-state index contributed by atoms with van der Waals surface area (Å²) in [6.07, 6.45) is 2.18. The van der Waals surface area contributed by atoms with Gasteiger partial charge in [0.1, 0.15) is 0 Å². The highest BCUT2D eigenvalue weighted by Gasteiger charge is 2.17. The van der Waals surface area contributed by atoms with Crippen molar-refractivity contribution in [1.29, 1.82) is 0 Å². The smallest absolute Gasteiger partial charge is 0.0484 e. The lowest BCUT2D eigenvalue weighted by molar-refractivity contribution is 0.206. The van der Waals surface area contributed by atoms with Crippen molar-refractivity contribution >= 4 is 11.6 Å². The highest BCUT2D eigenvalue weighted by molar-refractivity contribution is 6.33. The van der Waals surface area contributed by atoms with Gasteiger partial charge >= 0.3 is 0 Å². The van der Waals surface area contributed by atoms with Crippen LogP contribution in [0.15, 0.2) is 48.5 Å². The van der Waals surface area contributed by atoms with Crippen LogP contribution in [0.4, 0.5) is 0 Å². The van der Waals surface area contributed by atoms with E-state index >= 15 is 0 Å². The molecular formula is C18H21ClN2. The maximum atomic E-state index is 6.36. The second kappa shape index (κ2) is 6.61. The minimum Gasteiger partial charge on any atom is -0.328 e. The first-order valence-corrected chi connectivity index (χ1v) is 7.92. The predicted octanol–water partition coefficient (Wildman–Crippen LogP) is 3.93. The Hall–Kier alpha value is -1.35. The number of rotatable bonds is 3. The van der Waals surface area contributed by atoms with Crippen molar-refractivity contribution in [3.63, 3.8) is 0 Å². The largest absolute Gasteiger partial charge is 0.328 e. The van der Waals surface area contributed by atoms with Crippen molar-refractivity contribution in [2.45, 2.75) is 25.4 Å². The minimum absolute atomic E-state index is 0.375. The Kier molecular flexibility index (Phi) is 4.59. The van der Waals surface area contributed by atoms with E-state index in [4.69, 9.17) is 17.3 Å². The number of benzene rings is 2. The van der Waals surface area contributed by atoms with Crippen molar-refractivity contribution in [2.24, 2.45) is 5.73 Å². The second-order valence-electron chi connectivity index (χ2n) is 5.75. The molecule has 1 heterocycles. The van der Waals surface area contributed by atoms with Gasteiger partial charge < -0.3 is 5.73 Å². The molecule has 0 radical (unpaired) electrons. The van der Waals surface area contributed by atoms with Crippen molar-refractivity contribution in [1.82, 2.24) is 4.90 Å². The summed E-state index contributed by atoms with van der Waals surface area (Å²) < 4.78 is 0. The molecule has 2 aromatic rings. The van der Waals surface area contributed by atoms with Gasteiger partial charge in [0.15, 0.2) is 0 Å². The third-order valence-corrected chi connectivity index (χ3v) is 4.54. The van der Waals surface area contributed by atoms with E-state index in [9.17, 15) is 0 Å². The highest BCUT2D eigenvalue weighted by Crippen LogP contribution is 2.31. The lowest BCUT2D eigenvalue weighted by Gasteiger charge is -2.30. The van der Waals surface area contributed by atoms with Gasteiger partial charge in [-0.15, -0.1) is 0 Å². The molecule has 1 aliphatic rings. The van der Waals surface area contributed by atoms with Gasteiger partial charge in [-0.25, -0.2) is 0 Å². The lowest BCUT2D eigenvalue weighted by Crippen LogP contribution is -2.39. The van der Waals surface area contributed by atoms with Crippen LogP contribution < -0.4 is 5.73 Å². The molecule has 3 heteroatoms. The number of nitrogens with two attached hydrogens (primary N) is 1. The molecule has 0 aromatic heterocycles. The zero-order valence-electron chi connectivity index (χ0n) is 12.1. The first-order valence-electron chi connectivity index (χ1n) is 7.55. The molecule has 2 aromatic carbocycles. The quantitative estimate of drug-likeness (QED) is 0.930. The summed E-state index contributed by atoms with van der Waals surface area (Å²) in [5.74, 6) is 0. The van der Waals surface area contributed by atoms with Crippen molar-refractivity contribution in [3.05, 3.63) is 59.1 Å². The standard InChI is InChI=1S/C18H21ClN2/c19-18-8-4-3-7-17(18)16-6-2-1-5-14(16)13-21-11-9-15(20)10-12-21/h1-8,15H,9-13,20H2. The Balaban J connectivity index is 1.85. The van der Waals surface area contributed by atoms with Crippen LogP contribution in [-0.4, -0.2) is 24.0 Å². The zero-order chi connectivity index (χ0) is 14.7. The van der Waals surface area contributed by atoms with Crippen molar-refractivity contribution < 1.29 is 0 Å². The summed E-state index contributed by atoms with van der Waals surface area (Å²) >= 11 is 6.36. The van der Waals surface area contributed by atoms with E-state index in [1.54, 1.807) is 0 Å². The van der Waals surface area contributed by atoms with Gasteiger partial charge in [-0.3, -0.25) is 4.90 Å². The first kappa shape index (κ1) is 14.6. The highest BCUT2D eigenvalue weighted by atomic mass is 35.5. The predicted molar refractivity (Wildman–Crippen MR) is 89.4 cm³/mol. The molecule has 2 N–H and O–H groups in total. The van der Waals surface area contributed by atoms with Gasteiger partial charge in [-0.2, -0.15) is 0 Å². The van der Waals surface area contributed by atoms with Crippen LogP contribution in [0.3, 0.4) is 0 Å². The molecule has 0 amide bonds. The fourth-order valence-electron chi connectivity index (χ4n) is 2.95. The second-order valence-corrected chi connectivity index (χ2v) is 6.16. The topological polar surface area (TPSA) is 29.3 Å². The number of hydrogen-bond acceptors (Lipinski definition) is 2. The fourth-order valence-corrected chi connectivity index (χ4v) is 3.19. The van der Waals surface area contributed by atoms with Gasteiger partial charge in [0.25, 0.3) is 0 Å². The average molecular weight is 301 g/mol. The van der Waals surface area contributed by atoms with Crippen LogP contribution in [0.25, 0.3) is 11.1 Å². The maximum Gasteiger partial charge on any atom is 0.0484 e. The normalized spacial score (nSPS) is 17.0. The van der Waals surface area contributed by atoms with Gasteiger partial charge in [0.05, 0.1) is 0 Å². The molecule has 0 atom stereocenters. The van der Waals surface area contributed by atoms with Gasteiger partial charge in [0, 0.05) is 23.2 Å². The van der Waals surface area contributed by atoms with Gasteiger partial charge in [-0.1, -0.05) is 54.1 Å². The van der Waals surface area contributed by atoms with Crippen LogP contribution in [0.2, 0.25) is 5.02 Å². The van der Waals surface area contributed by atoms with Crippen molar-refractivity contribution in [2.75, 3.05) is 13.1 Å². The van der Waals surface area contributed by atoms with Crippen LogP contribution in [0.1, 0.15) is 18.4 Å². The number of nitrogens with zero attached hydrogens (tertiary/aromatic N) is 1. The van der Waals surface area contributed by atoms with E-state index in [1.165, 1.54) is 11.1 Å². The van der Waals surface area contributed by atoms with Gasteiger partial charge in [0.2, 0.25) is 0 Å². The Bertz CT molecular complexity index is 604. The minimum atomic E-state index is 0.375. The van der Waals surface area contributed by atoms with E-state index in [2.05, 4.69) is 35.2 Å². The maximum absolute atomic E-state index is 6.36. The van der Waals surface area contributed by atoms with E-state index in [0.29, 0.717) is 6.04 Å². The number of halogens is 1. The molecule has 3 rings (SSSR count). The Morgan fingerprint density at radius 2 is 1.57 bits per heavy atom. The average Bonchev–Trinajstić information content (AvgIpc) is 2.51. The van der Waals surface area contributed by atoms with Crippen LogP contribution in [0, 0.1) is 0 Å². The lowest BCUT2D eigenvalue weighted by atomic mass is 9.98. The summed E-state index contributed by atoms with van der Waals surface area (Å²) in [6, 6.07) is 17.0. The van der Waals surface area contributed by atoms with Crippen LogP contribution in [-0.2, 0) is 6.54 Å². The molecule has 0 bridgehead atoms. The molecule has 0 saturated carbocycles. The summed E-state index contributed by atoms with van der Waals surface area (Å²) in [6.45, 7) is 3.13. The fraction of sp³-hybridized carbons (Fsp3) is 0.333. The summed E-state index contributed by atoms with van der Waals surface area (Å²) in [5.41, 5.74) is 9.67. The molecule has 0 aliphatic carbocycles. The van der Waals surface area contributed by atoms with E-state index in [1.807, 2.05) is 18.2 Å². The van der Waals surface area contributed by atoms with E-state index in [-0.39, 0.29) is 0 Å². The number of likely N-dealkylation sites (tertiary alicyclic amines) is 1. The molecular weight excluding hydrogens is 280 g/mol. The monoisotopic (exact) mass is 300 g/mol. The Morgan fingerprint density at radius 1 is 0.952 bits per heavy atom. The van der Waals surface area contributed by atoms with Crippen LogP contribution >= 0.6 is 11.6 Å². The molecule has 0 unspecified atom stereocenters. The zero-order valence-corrected chi connectivity index (χ0v) is 12.9. The summed E-state index contributed by atoms with van der Waals surface area (Å²) in [5, 5.41) is 0.811. The molecule has 1 fully saturated rings. The number of hydrogen-bond donors (Lipinski definition) is 1. The summed E-state index contributed by atoms with van der Waals surface area (Å²) in [4.78, 5) is 2.49. The molecule has 0 spiro atoms. The molecule has 1 aliphatic heterocycles. The third-order valence-electron chi connectivity index (χ3n) is 4.21. The SMILES string of the molecule is NC1CCN(Cc2ccccc2-c2ccccc2Cl)CC1. The third kappa shape index (κ3) is 3.46. The molecule has 21 heavy (non-hydrogen) atoms. The van der Waals surface area contributed by atoms with Crippen molar-refractivity contribution in [3.8, 4) is 11.1 Å². The Morgan fingerprint density at radius 3 is 2.29 bits per heavy atom. The van der Waals surface area contributed by atoms with E-state index < -0.39 is 0 Å². The molecule has 2 nitrogen and oxygen atoms in total.